The van der Waals surface area contributed by atoms with Gasteiger partial charge in [-0.3, -0.25) is 4.79 Å². The minimum Gasteiger partial charge on any atom is -0.481 e. The molecule has 0 spiro atoms. The molecule has 0 atom stereocenters. The molecule has 0 unspecified atom stereocenters. The molecule has 0 heterocycles. The van der Waals surface area contributed by atoms with E-state index in [1.54, 1.807) is 0 Å². The number of benzene rings is 1. The predicted octanol–water partition coefficient (Wildman–Crippen LogP) is 3.16. The molecule has 0 radical (unpaired) electrons. The Morgan fingerprint density at radius 1 is 1.53 bits per heavy atom. The van der Waals surface area contributed by atoms with Gasteiger partial charge in [0, 0.05) is 4.47 Å². The van der Waals surface area contributed by atoms with Crippen LogP contribution in [-0.4, -0.2) is 11.1 Å². The van der Waals surface area contributed by atoms with Crippen LogP contribution in [0.3, 0.4) is 0 Å². The largest absolute Gasteiger partial charge is 0.481 e. The van der Waals surface area contributed by atoms with Gasteiger partial charge in [-0.25, -0.2) is 0 Å². The summed E-state index contributed by atoms with van der Waals surface area (Å²) in [5.41, 5.74) is 1.81. The molecule has 80 valence electrons. The molecule has 2 rings (SSSR count). The first-order chi connectivity index (χ1) is 7.03. The van der Waals surface area contributed by atoms with Crippen LogP contribution < -0.4 is 0 Å². The van der Waals surface area contributed by atoms with Crippen LogP contribution in [0.1, 0.15) is 24.0 Å². The number of hydrogen-bond donors (Lipinski definition) is 1. The third kappa shape index (κ3) is 2.07. The number of halogens is 1. The zero-order valence-corrected chi connectivity index (χ0v) is 10.2. The molecule has 1 fully saturated rings. The Kier molecular flexibility index (Phi) is 2.59. The molecular formula is C12H13BrO2. The first-order valence-electron chi connectivity index (χ1n) is 5.02. The maximum Gasteiger partial charge on any atom is 0.309 e. The molecule has 0 saturated heterocycles. The van der Waals surface area contributed by atoms with E-state index >= 15 is 0 Å². The van der Waals surface area contributed by atoms with Crippen molar-refractivity contribution in [2.24, 2.45) is 5.41 Å². The van der Waals surface area contributed by atoms with Crippen LogP contribution in [0.5, 0.6) is 0 Å². The van der Waals surface area contributed by atoms with Gasteiger partial charge in [-0.1, -0.05) is 28.1 Å². The van der Waals surface area contributed by atoms with Gasteiger partial charge in [0.05, 0.1) is 5.41 Å². The fourth-order valence-corrected chi connectivity index (χ4v) is 2.41. The monoisotopic (exact) mass is 268 g/mol. The average Bonchev–Trinajstić information content (AvgIpc) is 2.91. The van der Waals surface area contributed by atoms with Gasteiger partial charge in [0.1, 0.15) is 0 Å². The van der Waals surface area contributed by atoms with Crippen LogP contribution in [-0.2, 0) is 11.2 Å². The van der Waals surface area contributed by atoms with Crippen LogP contribution in [0.4, 0.5) is 0 Å². The summed E-state index contributed by atoms with van der Waals surface area (Å²) in [6.07, 6.45) is 2.26. The quantitative estimate of drug-likeness (QED) is 0.915. The fourth-order valence-electron chi connectivity index (χ4n) is 1.78. The molecule has 0 bridgehead atoms. The van der Waals surface area contributed by atoms with Gasteiger partial charge in [-0.15, -0.1) is 0 Å². The number of carboxylic acids is 1. The van der Waals surface area contributed by atoms with Crippen molar-refractivity contribution in [2.45, 2.75) is 26.2 Å². The lowest BCUT2D eigenvalue weighted by Crippen LogP contribution is -2.17. The highest BCUT2D eigenvalue weighted by Gasteiger charge is 2.50. The first kappa shape index (κ1) is 10.7. The van der Waals surface area contributed by atoms with E-state index in [0.717, 1.165) is 22.9 Å². The Morgan fingerprint density at radius 3 is 2.67 bits per heavy atom. The normalized spacial score (nSPS) is 17.5. The minimum absolute atomic E-state index is 0.474. The van der Waals surface area contributed by atoms with Crippen LogP contribution in [0, 0.1) is 12.3 Å². The van der Waals surface area contributed by atoms with Crippen molar-refractivity contribution >= 4 is 21.9 Å². The van der Waals surface area contributed by atoms with E-state index in [9.17, 15) is 4.79 Å². The lowest BCUT2D eigenvalue weighted by molar-refractivity contribution is -0.143. The highest BCUT2D eigenvalue weighted by atomic mass is 79.9. The Morgan fingerprint density at radius 2 is 2.20 bits per heavy atom. The molecule has 0 aliphatic heterocycles. The van der Waals surface area contributed by atoms with Gasteiger partial charge in [0.25, 0.3) is 0 Å². The predicted molar refractivity (Wildman–Crippen MR) is 61.9 cm³/mol. The zero-order valence-electron chi connectivity index (χ0n) is 8.59. The Labute approximate surface area is 97.4 Å². The van der Waals surface area contributed by atoms with E-state index in [-0.39, 0.29) is 0 Å². The third-order valence-electron chi connectivity index (χ3n) is 3.04. The average molecular weight is 269 g/mol. The molecule has 1 aliphatic rings. The fraction of sp³-hybridized carbons (Fsp3) is 0.417. The molecule has 1 N–H and O–H groups in total. The first-order valence-corrected chi connectivity index (χ1v) is 5.81. The highest BCUT2D eigenvalue weighted by molar-refractivity contribution is 9.10. The van der Waals surface area contributed by atoms with E-state index in [1.165, 1.54) is 5.56 Å². The molecule has 0 aromatic heterocycles. The molecule has 15 heavy (non-hydrogen) atoms. The Balaban J connectivity index is 2.21. The van der Waals surface area contributed by atoms with Crippen LogP contribution in [0.15, 0.2) is 22.7 Å². The zero-order chi connectivity index (χ0) is 11.1. The van der Waals surface area contributed by atoms with Crippen molar-refractivity contribution in [3.63, 3.8) is 0 Å². The van der Waals surface area contributed by atoms with Crippen LogP contribution in [0.2, 0.25) is 0 Å². The minimum atomic E-state index is -0.657. The van der Waals surface area contributed by atoms with Crippen molar-refractivity contribution < 1.29 is 9.90 Å². The van der Waals surface area contributed by atoms with Crippen molar-refractivity contribution in [3.8, 4) is 0 Å². The van der Waals surface area contributed by atoms with E-state index < -0.39 is 11.4 Å². The molecule has 2 nitrogen and oxygen atoms in total. The summed E-state index contributed by atoms with van der Waals surface area (Å²) in [6.45, 7) is 2.03. The summed E-state index contributed by atoms with van der Waals surface area (Å²) in [5.74, 6) is -0.657. The van der Waals surface area contributed by atoms with E-state index in [1.807, 2.05) is 25.1 Å². The van der Waals surface area contributed by atoms with E-state index in [4.69, 9.17) is 5.11 Å². The molecule has 1 saturated carbocycles. The Hall–Kier alpha value is -0.830. The molecule has 1 aliphatic carbocycles. The maximum absolute atomic E-state index is 11.1. The summed E-state index contributed by atoms with van der Waals surface area (Å²) >= 11 is 3.48. The highest BCUT2D eigenvalue weighted by Crippen LogP contribution is 2.49. The number of aliphatic carboxylic acids is 1. The van der Waals surface area contributed by atoms with Crippen LogP contribution >= 0.6 is 15.9 Å². The van der Waals surface area contributed by atoms with Crippen molar-refractivity contribution in [1.29, 1.82) is 0 Å². The van der Waals surface area contributed by atoms with Gasteiger partial charge in [-0.2, -0.15) is 0 Å². The molecular weight excluding hydrogens is 256 g/mol. The molecule has 1 aromatic carbocycles. The van der Waals surface area contributed by atoms with Gasteiger partial charge in [0.2, 0.25) is 0 Å². The van der Waals surface area contributed by atoms with Gasteiger partial charge >= 0.3 is 5.97 Å². The smallest absolute Gasteiger partial charge is 0.309 e. The SMILES string of the molecule is Cc1ccc(CC2(C(=O)O)CC2)c(Br)c1. The molecule has 0 amide bonds. The number of carboxylic acid groups (broad SMARTS) is 1. The number of aryl methyl sites for hydroxylation is 1. The van der Waals surface area contributed by atoms with Gasteiger partial charge < -0.3 is 5.11 Å². The van der Waals surface area contributed by atoms with E-state index in [2.05, 4.69) is 15.9 Å². The van der Waals surface area contributed by atoms with Crippen LogP contribution in [0.25, 0.3) is 0 Å². The third-order valence-corrected chi connectivity index (χ3v) is 3.78. The number of hydrogen-bond acceptors (Lipinski definition) is 1. The topological polar surface area (TPSA) is 37.3 Å². The second kappa shape index (κ2) is 3.63. The van der Waals surface area contributed by atoms with Crippen molar-refractivity contribution in [1.82, 2.24) is 0 Å². The number of carbonyl (C=O) groups is 1. The summed E-state index contributed by atoms with van der Waals surface area (Å²) < 4.78 is 1.02. The molecule has 3 heteroatoms. The summed E-state index contributed by atoms with van der Waals surface area (Å²) in [6, 6.07) is 6.08. The number of rotatable bonds is 3. The molecule has 1 aromatic rings. The summed E-state index contributed by atoms with van der Waals surface area (Å²) in [7, 11) is 0. The van der Waals surface area contributed by atoms with E-state index in [0.29, 0.717) is 6.42 Å². The lowest BCUT2D eigenvalue weighted by atomic mass is 9.96. The van der Waals surface area contributed by atoms with Gasteiger partial charge in [-0.05, 0) is 43.4 Å². The van der Waals surface area contributed by atoms with Crippen molar-refractivity contribution in [3.05, 3.63) is 33.8 Å². The second-order valence-corrected chi connectivity index (χ2v) is 5.21. The lowest BCUT2D eigenvalue weighted by Gasteiger charge is -2.11. The standard InChI is InChI=1S/C12H13BrO2/c1-8-2-3-9(10(13)6-8)7-12(4-5-12)11(14)15/h2-3,6H,4-5,7H2,1H3,(H,14,15). The maximum atomic E-state index is 11.1. The second-order valence-electron chi connectivity index (χ2n) is 4.36. The Bertz CT molecular complexity index is 408. The van der Waals surface area contributed by atoms with Gasteiger partial charge in [0.15, 0.2) is 0 Å². The van der Waals surface area contributed by atoms with Crippen molar-refractivity contribution in [2.75, 3.05) is 0 Å². The summed E-state index contributed by atoms with van der Waals surface area (Å²) in [4.78, 5) is 11.1. The summed E-state index contributed by atoms with van der Waals surface area (Å²) in [5, 5.41) is 9.10.